The lowest BCUT2D eigenvalue weighted by Crippen LogP contribution is -2.14. The van der Waals surface area contributed by atoms with Crippen molar-refractivity contribution >= 4 is 16.3 Å². The second-order valence-corrected chi connectivity index (χ2v) is 4.53. The number of aldehydes is 1. The lowest BCUT2D eigenvalue weighted by molar-refractivity contribution is 0.112. The van der Waals surface area contributed by atoms with Crippen molar-refractivity contribution in [3.8, 4) is 5.75 Å². The molecule has 0 heterocycles. The van der Waals surface area contributed by atoms with E-state index in [9.17, 15) is 13.2 Å². The summed E-state index contributed by atoms with van der Waals surface area (Å²) in [5.41, 5.74) is 0.576. The SMILES string of the molecule is COc1cc(C=O)c(C)c(S(N)(=O)=O)c1. The highest BCUT2D eigenvalue weighted by Crippen LogP contribution is 2.23. The molecule has 15 heavy (non-hydrogen) atoms. The largest absolute Gasteiger partial charge is 0.497 e. The fourth-order valence-electron chi connectivity index (χ4n) is 1.22. The van der Waals surface area contributed by atoms with Gasteiger partial charge in [-0.2, -0.15) is 0 Å². The molecule has 5 nitrogen and oxygen atoms in total. The molecule has 82 valence electrons. The molecule has 0 amide bonds. The van der Waals surface area contributed by atoms with Crippen molar-refractivity contribution < 1.29 is 17.9 Å². The Kier molecular flexibility index (Phi) is 3.11. The van der Waals surface area contributed by atoms with Crippen molar-refractivity contribution in [1.82, 2.24) is 0 Å². The number of carbonyl (C=O) groups excluding carboxylic acids is 1. The molecule has 0 radical (unpaired) electrons. The summed E-state index contributed by atoms with van der Waals surface area (Å²) < 4.78 is 27.3. The van der Waals surface area contributed by atoms with Gasteiger partial charge in [-0.1, -0.05) is 0 Å². The third-order valence-corrected chi connectivity index (χ3v) is 3.08. The molecule has 1 rings (SSSR count). The molecule has 0 spiro atoms. The van der Waals surface area contributed by atoms with Crippen LogP contribution in [-0.2, 0) is 10.0 Å². The van der Waals surface area contributed by atoms with Gasteiger partial charge in [0.25, 0.3) is 0 Å². The van der Waals surface area contributed by atoms with Gasteiger partial charge < -0.3 is 4.74 Å². The van der Waals surface area contributed by atoms with E-state index in [4.69, 9.17) is 9.88 Å². The molecule has 6 heteroatoms. The molecule has 0 aliphatic rings. The molecular weight excluding hydrogens is 218 g/mol. The van der Waals surface area contributed by atoms with Crippen LogP contribution in [0.3, 0.4) is 0 Å². The summed E-state index contributed by atoms with van der Waals surface area (Å²) in [5.74, 6) is 0.284. The van der Waals surface area contributed by atoms with Gasteiger partial charge in [-0.25, -0.2) is 13.6 Å². The lowest BCUT2D eigenvalue weighted by atomic mass is 10.1. The van der Waals surface area contributed by atoms with Crippen molar-refractivity contribution in [1.29, 1.82) is 0 Å². The Morgan fingerprint density at radius 2 is 2.00 bits per heavy atom. The zero-order valence-corrected chi connectivity index (χ0v) is 9.17. The van der Waals surface area contributed by atoms with Gasteiger partial charge in [0.2, 0.25) is 10.0 Å². The summed E-state index contributed by atoms with van der Waals surface area (Å²) in [7, 11) is -2.46. The van der Waals surface area contributed by atoms with Crippen molar-refractivity contribution in [2.24, 2.45) is 5.14 Å². The average Bonchev–Trinajstić information content (AvgIpc) is 2.16. The maximum absolute atomic E-state index is 11.2. The number of hydrogen-bond acceptors (Lipinski definition) is 4. The fraction of sp³-hybridized carbons (Fsp3) is 0.222. The third-order valence-electron chi connectivity index (χ3n) is 2.04. The molecule has 2 N–H and O–H groups in total. The van der Waals surface area contributed by atoms with E-state index < -0.39 is 10.0 Å². The van der Waals surface area contributed by atoms with Gasteiger partial charge in [-0.15, -0.1) is 0 Å². The molecule has 0 bridgehead atoms. The molecule has 0 aliphatic heterocycles. The Balaban J connectivity index is 3.58. The maximum atomic E-state index is 11.2. The molecule has 0 saturated heterocycles. The lowest BCUT2D eigenvalue weighted by Gasteiger charge is -2.08. The molecule has 0 unspecified atom stereocenters. The van der Waals surface area contributed by atoms with Gasteiger partial charge in [-0.05, 0) is 18.6 Å². The summed E-state index contributed by atoms with van der Waals surface area (Å²) in [6, 6.07) is 2.74. The predicted molar refractivity (Wildman–Crippen MR) is 54.5 cm³/mol. The number of carbonyl (C=O) groups is 1. The van der Waals surface area contributed by atoms with Gasteiger partial charge in [0.1, 0.15) is 12.0 Å². The standard InChI is InChI=1S/C9H11NO4S/c1-6-7(5-11)3-8(14-2)4-9(6)15(10,12)13/h3-5H,1-2H3,(H2,10,12,13). The highest BCUT2D eigenvalue weighted by Gasteiger charge is 2.16. The van der Waals surface area contributed by atoms with Crippen LogP contribution in [0.4, 0.5) is 0 Å². The van der Waals surface area contributed by atoms with E-state index in [-0.39, 0.29) is 16.2 Å². The smallest absolute Gasteiger partial charge is 0.238 e. The average molecular weight is 229 g/mol. The first-order valence-corrected chi connectivity index (χ1v) is 5.61. The molecule has 0 aliphatic carbocycles. The van der Waals surface area contributed by atoms with Crippen LogP contribution in [0.25, 0.3) is 0 Å². The number of primary sulfonamides is 1. The van der Waals surface area contributed by atoms with Crippen molar-refractivity contribution in [2.75, 3.05) is 7.11 Å². The van der Waals surface area contributed by atoms with E-state index >= 15 is 0 Å². The number of methoxy groups -OCH3 is 1. The fourth-order valence-corrected chi connectivity index (χ4v) is 2.04. The quantitative estimate of drug-likeness (QED) is 0.763. The van der Waals surface area contributed by atoms with Crippen molar-refractivity contribution in [2.45, 2.75) is 11.8 Å². The molecule has 1 aromatic carbocycles. The van der Waals surface area contributed by atoms with E-state index in [1.54, 1.807) is 0 Å². The van der Waals surface area contributed by atoms with Gasteiger partial charge in [-0.3, -0.25) is 4.79 Å². The second kappa shape index (κ2) is 4.00. The Labute approximate surface area is 87.9 Å². The molecule has 1 aromatic rings. The number of nitrogens with two attached hydrogens (primary N) is 1. The van der Waals surface area contributed by atoms with Crippen molar-refractivity contribution in [3.05, 3.63) is 23.3 Å². The molecule has 0 saturated carbocycles. The molecule has 0 fully saturated rings. The Hall–Kier alpha value is -1.40. The minimum atomic E-state index is -3.84. The number of rotatable bonds is 3. The third kappa shape index (κ3) is 2.34. The number of ether oxygens (including phenoxy) is 1. The molecular formula is C9H11NO4S. The van der Waals surface area contributed by atoms with Gasteiger partial charge in [0.05, 0.1) is 12.0 Å². The van der Waals surface area contributed by atoms with E-state index in [0.29, 0.717) is 11.8 Å². The van der Waals surface area contributed by atoms with E-state index in [0.717, 1.165) is 0 Å². The van der Waals surface area contributed by atoms with Crippen LogP contribution in [0.2, 0.25) is 0 Å². The first-order chi connectivity index (χ1) is 6.90. The highest BCUT2D eigenvalue weighted by molar-refractivity contribution is 7.89. The van der Waals surface area contributed by atoms with Gasteiger partial charge in [0, 0.05) is 11.6 Å². The zero-order valence-electron chi connectivity index (χ0n) is 8.35. The zero-order chi connectivity index (χ0) is 11.6. The van der Waals surface area contributed by atoms with Crippen molar-refractivity contribution in [3.63, 3.8) is 0 Å². The summed E-state index contributed by atoms with van der Waals surface area (Å²) in [6.45, 7) is 1.52. The van der Waals surface area contributed by atoms with Crippen LogP contribution in [0.5, 0.6) is 5.75 Å². The van der Waals surface area contributed by atoms with E-state index in [1.807, 2.05) is 0 Å². The van der Waals surface area contributed by atoms with Crippen LogP contribution in [-0.4, -0.2) is 21.8 Å². The molecule has 0 atom stereocenters. The minimum absolute atomic E-state index is 0.0936. The van der Waals surface area contributed by atoms with Crippen LogP contribution >= 0.6 is 0 Å². The van der Waals surface area contributed by atoms with Gasteiger partial charge >= 0.3 is 0 Å². The normalized spacial score (nSPS) is 11.1. The summed E-state index contributed by atoms with van der Waals surface area (Å²) in [5, 5.41) is 5.01. The number of benzene rings is 1. The topological polar surface area (TPSA) is 86.5 Å². The van der Waals surface area contributed by atoms with Gasteiger partial charge in [0.15, 0.2) is 0 Å². The van der Waals surface area contributed by atoms with Crippen LogP contribution in [0, 0.1) is 6.92 Å². The first kappa shape index (κ1) is 11.7. The minimum Gasteiger partial charge on any atom is -0.497 e. The van der Waals surface area contributed by atoms with Crippen LogP contribution < -0.4 is 9.88 Å². The number of sulfonamides is 1. The Morgan fingerprint density at radius 3 is 2.40 bits per heavy atom. The predicted octanol–water partition coefficient (Wildman–Crippen LogP) is 0.464. The summed E-state index contributed by atoms with van der Waals surface area (Å²) >= 11 is 0. The van der Waals surface area contributed by atoms with Crippen LogP contribution in [0.15, 0.2) is 17.0 Å². The highest BCUT2D eigenvalue weighted by atomic mass is 32.2. The van der Waals surface area contributed by atoms with E-state index in [2.05, 4.69) is 0 Å². The Morgan fingerprint density at radius 1 is 1.40 bits per heavy atom. The monoisotopic (exact) mass is 229 g/mol. The maximum Gasteiger partial charge on any atom is 0.238 e. The number of hydrogen-bond donors (Lipinski definition) is 1. The first-order valence-electron chi connectivity index (χ1n) is 4.06. The summed E-state index contributed by atoms with van der Waals surface area (Å²) in [6.07, 6.45) is 0.562. The van der Waals surface area contributed by atoms with Crippen LogP contribution in [0.1, 0.15) is 15.9 Å². The Bertz CT molecular complexity index is 493. The second-order valence-electron chi connectivity index (χ2n) is 3.00. The van der Waals surface area contributed by atoms with E-state index in [1.165, 1.54) is 26.2 Å². The summed E-state index contributed by atoms with van der Waals surface area (Å²) in [4.78, 5) is 10.6. The molecule has 0 aromatic heterocycles.